The fourth-order valence-corrected chi connectivity index (χ4v) is 4.04. The Bertz CT molecular complexity index is 1130. The molecule has 2 aliphatic heterocycles. The van der Waals surface area contributed by atoms with Gasteiger partial charge in [-0.25, -0.2) is 0 Å². The van der Waals surface area contributed by atoms with Crippen LogP contribution in [0.5, 0.6) is 5.75 Å². The van der Waals surface area contributed by atoms with Gasteiger partial charge in [-0.3, -0.25) is 9.59 Å². The van der Waals surface area contributed by atoms with E-state index in [2.05, 4.69) is 20.8 Å². The zero-order chi connectivity index (χ0) is 21.9. The molecule has 1 atom stereocenters. The molecule has 2 aliphatic rings. The first-order valence-corrected chi connectivity index (χ1v) is 10.7. The first kappa shape index (κ1) is 20.0. The average Bonchev–Trinajstić information content (AvgIpc) is 3.33. The largest absolute Gasteiger partial charge is 0.484 e. The predicted octanol–water partition coefficient (Wildman–Crippen LogP) is 3.23. The molecule has 0 bridgehead atoms. The number of anilines is 2. The van der Waals surface area contributed by atoms with Gasteiger partial charge in [-0.2, -0.15) is 4.98 Å². The molecule has 32 heavy (non-hydrogen) atoms. The molecule has 2 amide bonds. The summed E-state index contributed by atoms with van der Waals surface area (Å²) >= 11 is 0. The molecule has 2 aromatic carbocycles. The number of piperidine rings is 1. The summed E-state index contributed by atoms with van der Waals surface area (Å²) in [6.07, 6.45) is 2.67. The molecule has 164 valence electrons. The molecule has 0 radical (unpaired) electrons. The lowest BCUT2D eigenvalue weighted by Gasteiger charge is -2.33. The Kier molecular flexibility index (Phi) is 5.45. The van der Waals surface area contributed by atoms with Gasteiger partial charge >= 0.3 is 0 Å². The van der Waals surface area contributed by atoms with Crippen LogP contribution in [0.4, 0.5) is 11.4 Å². The van der Waals surface area contributed by atoms with Gasteiger partial charge < -0.3 is 24.8 Å². The van der Waals surface area contributed by atoms with Crippen molar-refractivity contribution in [1.29, 1.82) is 0 Å². The molecule has 1 fully saturated rings. The SMILES string of the molecule is O=C1CNc2ccc(-c3nc(C4CCCCN4C(=O)COc4ccccc4)no3)cc2N1. The third-order valence-electron chi connectivity index (χ3n) is 5.65. The third-order valence-corrected chi connectivity index (χ3v) is 5.65. The zero-order valence-corrected chi connectivity index (χ0v) is 17.4. The number of benzene rings is 2. The van der Waals surface area contributed by atoms with Crippen molar-refractivity contribution in [3.8, 4) is 17.2 Å². The van der Waals surface area contributed by atoms with Crippen LogP contribution >= 0.6 is 0 Å². The summed E-state index contributed by atoms with van der Waals surface area (Å²) in [6.45, 7) is 0.835. The Hall–Kier alpha value is -3.88. The van der Waals surface area contributed by atoms with Crippen LogP contribution in [-0.2, 0) is 9.59 Å². The lowest BCUT2D eigenvalue weighted by Crippen LogP contribution is -2.41. The number of amides is 2. The van der Waals surface area contributed by atoms with Gasteiger partial charge in [0.1, 0.15) is 5.75 Å². The fourth-order valence-electron chi connectivity index (χ4n) is 4.04. The fraction of sp³-hybridized carbons (Fsp3) is 0.304. The number of hydrogen-bond donors (Lipinski definition) is 2. The van der Waals surface area contributed by atoms with Gasteiger partial charge in [0, 0.05) is 12.1 Å². The van der Waals surface area contributed by atoms with Crippen LogP contribution in [0, 0.1) is 0 Å². The smallest absolute Gasteiger partial charge is 0.261 e. The highest BCUT2D eigenvalue weighted by molar-refractivity contribution is 6.01. The summed E-state index contributed by atoms with van der Waals surface area (Å²) in [4.78, 5) is 30.9. The van der Waals surface area contributed by atoms with Crippen molar-refractivity contribution in [2.24, 2.45) is 0 Å². The quantitative estimate of drug-likeness (QED) is 0.636. The van der Waals surface area contributed by atoms with Gasteiger partial charge in [-0.15, -0.1) is 0 Å². The normalized spacial score (nSPS) is 17.8. The molecular weight excluding hydrogens is 410 g/mol. The highest BCUT2D eigenvalue weighted by Crippen LogP contribution is 2.33. The third kappa shape index (κ3) is 4.14. The number of fused-ring (bicyclic) bond motifs is 1. The van der Waals surface area contributed by atoms with Crippen LogP contribution in [0.15, 0.2) is 53.1 Å². The van der Waals surface area contributed by atoms with E-state index in [1.807, 2.05) is 42.5 Å². The van der Waals surface area contributed by atoms with Crippen LogP contribution in [0.2, 0.25) is 0 Å². The molecular formula is C23H23N5O4. The molecule has 1 aromatic heterocycles. The Balaban J connectivity index is 1.32. The van der Waals surface area contributed by atoms with Crippen molar-refractivity contribution in [2.45, 2.75) is 25.3 Å². The number of aromatic nitrogens is 2. The van der Waals surface area contributed by atoms with Crippen LogP contribution in [0.3, 0.4) is 0 Å². The van der Waals surface area contributed by atoms with Crippen molar-refractivity contribution in [3.63, 3.8) is 0 Å². The van der Waals surface area contributed by atoms with Gasteiger partial charge in [-0.05, 0) is 49.6 Å². The van der Waals surface area contributed by atoms with E-state index >= 15 is 0 Å². The second kappa shape index (κ2) is 8.70. The summed E-state index contributed by atoms with van der Waals surface area (Å²) in [5.41, 5.74) is 2.22. The number of ether oxygens (including phenoxy) is 1. The van der Waals surface area contributed by atoms with Crippen LogP contribution in [0.1, 0.15) is 31.1 Å². The first-order chi connectivity index (χ1) is 15.7. The summed E-state index contributed by atoms with van der Waals surface area (Å²) in [5, 5.41) is 10.1. The van der Waals surface area contributed by atoms with Gasteiger partial charge in [0.05, 0.1) is 24.0 Å². The minimum atomic E-state index is -0.257. The standard InChI is InChI=1S/C23H23N5O4/c29-20-13-24-17-10-9-15(12-18(17)25-20)23-26-22(27-32-23)19-8-4-5-11-28(19)21(30)14-31-16-6-2-1-3-7-16/h1-3,6-7,9-10,12,19,24H,4-5,8,11,13-14H2,(H,25,29). The number of para-hydroxylation sites is 1. The summed E-state index contributed by atoms with van der Waals surface area (Å²) in [5.74, 6) is 1.28. The lowest BCUT2D eigenvalue weighted by molar-refractivity contribution is -0.137. The molecule has 9 nitrogen and oxygen atoms in total. The second-order valence-electron chi connectivity index (χ2n) is 7.82. The van der Waals surface area contributed by atoms with E-state index in [1.54, 1.807) is 11.0 Å². The lowest BCUT2D eigenvalue weighted by atomic mass is 10.0. The van der Waals surface area contributed by atoms with E-state index in [-0.39, 0.29) is 31.0 Å². The number of likely N-dealkylation sites (tertiary alicyclic amines) is 1. The van der Waals surface area contributed by atoms with Crippen LogP contribution in [-0.4, -0.2) is 46.6 Å². The first-order valence-electron chi connectivity index (χ1n) is 10.7. The molecule has 3 heterocycles. The summed E-state index contributed by atoms with van der Waals surface area (Å²) in [6, 6.07) is 14.5. The average molecular weight is 433 g/mol. The number of nitrogens with zero attached hydrogens (tertiary/aromatic N) is 3. The van der Waals surface area contributed by atoms with E-state index < -0.39 is 0 Å². The van der Waals surface area contributed by atoms with Crippen molar-refractivity contribution in [1.82, 2.24) is 15.0 Å². The Morgan fingerprint density at radius 1 is 1.16 bits per heavy atom. The van der Waals surface area contributed by atoms with Crippen molar-refractivity contribution < 1.29 is 18.8 Å². The molecule has 5 rings (SSSR count). The number of nitrogens with one attached hydrogen (secondary N) is 2. The molecule has 1 unspecified atom stereocenters. The number of carbonyl (C=O) groups is 2. The second-order valence-corrected chi connectivity index (χ2v) is 7.82. The number of hydrogen-bond acceptors (Lipinski definition) is 7. The maximum atomic E-state index is 12.9. The van der Waals surface area contributed by atoms with Crippen molar-refractivity contribution in [3.05, 3.63) is 54.4 Å². The zero-order valence-electron chi connectivity index (χ0n) is 17.4. The molecule has 0 aliphatic carbocycles. The van der Waals surface area contributed by atoms with Crippen molar-refractivity contribution in [2.75, 3.05) is 30.3 Å². The highest BCUT2D eigenvalue weighted by atomic mass is 16.5. The molecule has 3 aromatic rings. The molecule has 9 heteroatoms. The van der Waals surface area contributed by atoms with E-state index in [0.717, 1.165) is 24.9 Å². The molecule has 1 saturated heterocycles. The Morgan fingerprint density at radius 2 is 2.03 bits per heavy atom. The van der Waals surface area contributed by atoms with Gasteiger partial charge in [0.25, 0.3) is 11.8 Å². The highest BCUT2D eigenvalue weighted by Gasteiger charge is 2.32. The number of carbonyl (C=O) groups excluding carboxylic acids is 2. The minimum absolute atomic E-state index is 0.0389. The van der Waals surface area contributed by atoms with Gasteiger partial charge in [-0.1, -0.05) is 23.4 Å². The topological polar surface area (TPSA) is 110 Å². The maximum Gasteiger partial charge on any atom is 0.261 e. The van der Waals surface area contributed by atoms with Crippen LogP contribution < -0.4 is 15.4 Å². The monoisotopic (exact) mass is 433 g/mol. The molecule has 0 saturated carbocycles. The van der Waals surface area contributed by atoms with Crippen molar-refractivity contribution >= 4 is 23.2 Å². The van der Waals surface area contributed by atoms with Gasteiger partial charge in [0.2, 0.25) is 5.91 Å². The predicted molar refractivity (Wildman–Crippen MR) is 117 cm³/mol. The van der Waals surface area contributed by atoms with E-state index in [9.17, 15) is 9.59 Å². The molecule has 2 N–H and O–H groups in total. The maximum absolute atomic E-state index is 12.9. The van der Waals surface area contributed by atoms with E-state index in [0.29, 0.717) is 35.3 Å². The minimum Gasteiger partial charge on any atom is -0.484 e. The van der Waals surface area contributed by atoms with Gasteiger partial charge in [0.15, 0.2) is 12.4 Å². The summed E-state index contributed by atoms with van der Waals surface area (Å²) < 4.78 is 11.2. The van der Waals surface area contributed by atoms with E-state index in [1.165, 1.54) is 0 Å². The Morgan fingerprint density at radius 3 is 2.91 bits per heavy atom. The molecule has 0 spiro atoms. The number of rotatable bonds is 5. The van der Waals surface area contributed by atoms with Crippen LogP contribution in [0.25, 0.3) is 11.5 Å². The Labute approximate surface area is 184 Å². The van der Waals surface area contributed by atoms with E-state index in [4.69, 9.17) is 9.26 Å². The summed E-state index contributed by atoms with van der Waals surface area (Å²) in [7, 11) is 0.